The van der Waals surface area contributed by atoms with E-state index in [1.165, 1.54) is 14.2 Å². The van der Waals surface area contributed by atoms with E-state index in [0.29, 0.717) is 93.0 Å². The summed E-state index contributed by atoms with van der Waals surface area (Å²) in [7, 11) is 4.62. The molecule has 0 saturated heterocycles. The van der Waals surface area contributed by atoms with Crippen molar-refractivity contribution < 1.29 is 42.8 Å². The number of nitrogens with two attached hydrogens (primary N) is 3. The van der Waals surface area contributed by atoms with E-state index < -0.39 is 0 Å². The molecule has 15 nitrogen and oxygen atoms in total. The van der Waals surface area contributed by atoms with E-state index in [1.54, 1.807) is 7.11 Å². The third-order valence-electron chi connectivity index (χ3n) is 8.08. The number of hydrogen-bond donors (Lipinski definition) is 6. The van der Waals surface area contributed by atoms with Crippen molar-refractivity contribution in [2.45, 2.75) is 19.3 Å². The molecule has 1 aliphatic rings. The van der Waals surface area contributed by atoms with Crippen LogP contribution in [0.4, 0.5) is 0 Å². The van der Waals surface area contributed by atoms with Crippen LogP contribution in [0, 0.1) is 0 Å². The van der Waals surface area contributed by atoms with Crippen LogP contribution >= 0.6 is 0 Å². The minimum atomic E-state index is -0.312. The van der Waals surface area contributed by atoms with Crippen molar-refractivity contribution in [2.24, 2.45) is 17.2 Å². The molecule has 0 radical (unpaired) electrons. The molecule has 0 aliphatic heterocycles. The number of rotatable bonds is 18. The molecular weight excluding hydrogens is 660 g/mol. The van der Waals surface area contributed by atoms with Crippen LogP contribution in [0.2, 0.25) is 0 Å². The van der Waals surface area contributed by atoms with E-state index in [0.717, 1.165) is 33.4 Å². The first-order valence-electron chi connectivity index (χ1n) is 16.6. The number of methoxy groups -OCH3 is 3. The summed E-state index contributed by atoms with van der Waals surface area (Å²) in [5.41, 5.74) is 22.1. The fourth-order valence-electron chi connectivity index (χ4n) is 5.57. The third-order valence-corrected chi connectivity index (χ3v) is 8.08. The average molecular weight is 709 g/mol. The summed E-state index contributed by atoms with van der Waals surface area (Å²) in [5.74, 6) is 1.64. The van der Waals surface area contributed by atoms with Gasteiger partial charge in [-0.3, -0.25) is 14.4 Å². The highest BCUT2D eigenvalue weighted by molar-refractivity contribution is 5.78. The van der Waals surface area contributed by atoms with Crippen molar-refractivity contribution in [1.29, 1.82) is 0 Å². The quantitative estimate of drug-likeness (QED) is 0.0814. The predicted molar refractivity (Wildman–Crippen MR) is 190 cm³/mol. The second-order valence-corrected chi connectivity index (χ2v) is 11.6. The maximum absolute atomic E-state index is 12.4. The van der Waals surface area contributed by atoms with Crippen LogP contribution in [-0.2, 0) is 33.6 Å². The summed E-state index contributed by atoms with van der Waals surface area (Å²) in [6.45, 7) is 1.27. The first-order valence-corrected chi connectivity index (χ1v) is 16.6. The molecular formula is C36H48N6O9. The zero-order valence-corrected chi connectivity index (χ0v) is 29.4. The van der Waals surface area contributed by atoms with Gasteiger partial charge in [0.1, 0.15) is 0 Å². The molecule has 1 aliphatic carbocycles. The van der Waals surface area contributed by atoms with Crippen LogP contribution < -0.4 is 61.6 Å². The first kappa shape index (κ1) is 38.6. The van der Waals surface area contributed by atoms with Crippen molar-refractivity contribution in [3.8, 4) is 34.5 Å². The number of ether oxygens (including phenoxy) is 6. The predicted octanol–water partition coefficient (Wildman–Crippen LogP) is 0.159. The number of nitrogens with one attached hydrogen (secondary N) is 3. The van der Waals surface area contributed by atoms with Crippen LogP contribution in [0.15, 0.2) is 36.4 Å². The first-order chi connectivity index (χ1) is 24.7. The number of benzene rings is 3. The molecule has 276 valence electrons. The van der Waals surface area contributed by atoms with E-state index in [2.05, 4.69) is 16.0 Å². The molecule has 3 aromatic carbocycles. The smallest absolute Gasteiger partial charge is 0.257 e. The van der Waals surface area contributed by atoms with Gasteiger partial charge < -0.3 is 61.6 Å². The van der Waals surface area contributed by atoms with E-state index >= 15 is 0 Å². The molecule has 51 heavy (non-hydrogen) atoms. The van der Waals surface area contributed by atoms with E-state index in [9.17, 15) is 14.4 Å². The minimum Gasteiger partial charge on any atom is -0.493 e. The van der Waals surface area contributed by atoms with Crippen molar-refractivity contribution in [1.82, 2.24) is 16.0 Å². The molecule has 9 N–H and O–H groups in total. The molecule has 0 unspecified atom stereocenters. The standard InChI is InChI=1S/C36H48N6O9/c1-46-28-13-22-10-23-14-29(47-2)32(50-20-35(44)41-8-5-38)17-26(23)12-27-18-33(51-21-36(45)42-9-6-39)30(48-3)15-24(27)11-25(22)16-31(28)49-19-34(43)40-7-4-37/h13-18H,4-12,19-21,37-39H2,1-3H3,(H,40,43)(H,41,44)(H,42,45). The Morgan fingerprint density at radius 2 is 0.706 bits per heavy atom. The van der Waals surface area contributed by atoms with Gasteiger partial charge in [-0.2, -0.15) is 0 Å². The van der Waals surface area contributed by atoms with Gasteiger partial charge in [0.05, 0.1) is 21.3 Å². The highest BCUT2D eigenvalue weighted by Crippen LogP contribution is 2.41. The number of fused-ring (bicyclic) bond motifs is 3. The Labute approximate surface area is 297 Å². The number of hydrogen-bond acceptors (Lipinski definition) is 12. The van der Waals surface area contributed by atoms with Gasteiger partial charge in [-0.15, -0.1) is 0 Å². The lowest BCUT2D eigenvalue weighted by molar-refractivity contribution is -0.123. The average Bonchev–Trinajstić information content (AvgIpc) is 3.19. The highest BCUT2D eigenvalue weighted by Gasteiger charge is 2.23. The molecule has 15 heteroatoms. The van der Waals surface area contributed by atoms with Gasteiger partial charge in [-0.05, 0) is 89.0 Å². The summed E-state index contributed by atoms with van der Waals surface area (Å²) >= 11 is 0. The molecule has 0 bridgehead atoms. The molecule has 0 heterocycles. The lowest BCUT2D eigenvalue weighted by Gasteiger charge is -2.18. The topological polar surface area (TPSA) is 221 Å². The van der Waals surface area contributed by atoms with Gasteiger partial charge >= 0.3 is 0 Å². The lowest BCUT2D eigenvalue weighted by atomic mass is 9.94. The van der Waals surface area contributed by atoms with Gasteiger partial charge in [0, 0.05) is 39.3 Å². The maximum Gasteiger partial charge on any atom is 0.257 e. The maximum atomic E-state index is 12.4. The van der Waals surface area contributed by atoms with Gasteiger partial charge in [0.15, 0.2) is 54.3 Å². The fourth-order valence-corrected chi connectivity index (χ4v) is 5.57. The Bertz CT molecular complexity index is 1680. The van der Waals surface area contributed by atoms with Crippen LogP contribution in [0.5, 0.6) is 34.5 Å². The molecule has 0 atom stereocenters. The molecule has 0 aromatic heterocycles. The third kappa shape index (κ3) is 10.6. The Hall–Kier alpha value is -5.25. The fraction of sp³-hybridized carbons (Fsp3) is 0.417. The summed E-state index contributed by atoms with van der Waals surface area (Å²) < 4.78 is 35.0. The monoisotopic (exact) mass is 708 g/mol. The van der Waals surface area contributed by atoms with Crippen LogP contribution in [0.1, 0.15) is 33.4 Å². The zero-order chi connectivity index (χ0) is 36.8. The summed E-state index contributed by atoms with van der Waals surface area (Å²) in [4.78, 5) is 37.1. The van der Waals surface area contributed by atoms with Crippen LogP contribution in [0.25, 0.3) is 0 Å². The lowest BCUT2D eigenvalue weighted by Crippen LogP contribution is -2.33. The second kappa shape index (κ2) is 19.2. The van der Waals surface area contributed by atoms with Gasteiger partial charge in [-0.25, -0.2) is 0 Å². The van der Waals surface area contributed by atoms with Gasteiger partial charge in [0.25, 0.3) is 17.7 Å². The van der Waals surface area contributed by atoms with Gasteiger partial charge in [0.2, 0.25) is 0 Å². The molecule has 3 amide bonds. The SMILES string of the molecule is COc1cc2c(cc1OCC(=O)NCCN)Cc1cc(OC)c(OCC(=O)NCCN)cc1Cc1cc(OCC(=O)NCCN)c(OC)cc1C2. The van der Waals surface area contributed by atoms with Crippen molar-refractivity contribution in [3.05, 3.63) is 69.8 Å². The van der Waals surface area contributed by atoms with Crippen molar-refractivity contribution >= 4 is 17.7 Å². The van der Waals surface area contributed by atoms with Crippen molar-refractivity contribution in [3.63, 3.8) is 0 Å². The Balaban J connectivity index is 1.81. The van der Waals surface area contributed by atoms with Gasteiger partial charge in [-0.1, -0.05) is 0 Å². The number of carbonyl (C=O) groups excluding carboxylic acids is 3. The summed E-state index contributed by atoms with van der Waals surface area (Å²) in [6.07, 6.45) is 1.40. The zero-order valence-electron chi connectivity index (χ0n) is 29.4. The largest absolute Gasteiger partial charge is 0.493 e. The van der Waals surface area contributed by atoms with Crippen LogP contribution in [0.3, 0.4) is 0 Å². The molecule has 0 saturated carbocycles. The normalized spacial score (nSPS) is 11.6. The molecule has 0 fully saturated rings. The summed E-state index contributed by atoms with van der Waals surface area (Å²) in [5, 5.41) is 8.10. The Kier molecular flexibility index (Phi) is 14.5. The summed E-state index contributed by atoms with van der Waals surface area (Å²) in [6, 6.07) is 11.3. The molecule has 0 spiro atoms. The second-order valence-electron chi connectivity index (χ2n) is 11.6. The van der Waals surface area contributed by atoms with Crippen molar-refractivity contribution in [2.75, 3.05) is 80.4 Å². The van der Waals surface area contributed by atoms with E-state index in [1.807, 2.05) is 36.4 Å². The Morgan fingerprint density at radius 1 is 0.471 bits per heavy atom. The van der Waals surface area contributed by atoms with E-state index in [-0.39, 0.29) is 37.5 Å². The molecule has 4 rings (SSSR count). The number of amides is 3. The van der Waals surface area contributed by atoms with Crippen LogP contribution in [-0.4, -0.2) is 98.1 Å². The minimum absolute atomic E-state index is 0.216. The highest BCUT2D eigenvalue weighted by atomic mass is 16.5. The van der Waals surface area contributed by atoms with E-state index in [4.69, 9.17) is 45.6 Å². The number of carbonyl (C=O) groups is 3. The molecule has 3 aromatic rings. The Morgan fingerprint density at radius 3 is 0.922 bits per heavy atom.